The van der Waals surface area contributed by atoms with Gasteiger partial charge in [-0.25, -0.2) is 9.97 Å². The molecule has 0 amide bonds. The zero-order valence-corrected chi connectivity index (χ0v) is 8.66. The summed E-state index contributed by atoms with van der Waals surface area (Å²) in [5.74, 6) is 1.18. The highest BCUT2D eigenvalue weighted by molar-refractivity contribution is 5.85. The van der Waals surface area contributed by atoms with Crippen LogP contribution in [0.5, 0.6) is 0 Å². The van der Waals surface area contributed by atoms with Gasteiger partial charge >= 0.3 is 0 Å². The third-order valence-corrected chi connectivity index (χ3v) is 2.32. The number of furan rings is 1. The van der Waals surface area contributed by atoms with Gasteiger partial charge in [-0.15, -0.1) is 5.10 Å². The van der Waals surface area contributed by atoms with Crippen LogP contribution in [-0.4, -0.2) is 25.8 Å². The first kappa shape index (κ1) is 9.52. The van der Waals surface area contributed by atoms with E-state index in [9.17, 15) is 0 Å². The summed E-state index contributed by atoms with van der Waals surface area (Å²) in [4.78, 5) is 8.20. The predicted molar refractivity (Wildman–Crippen MR) is 60.8 cm³/mol. The van der Waals surface area contributed by atoms with E-state index in [4.69, 9.17) is 15.6 Å². The molecule has 3 N–H and O–H groups in total. The maximum absolute atomic E-state index is 7.27. The summed E-state index contributed by atoms with van der Waals surface area (Å²) in [6, 6.07) is 3.50. The van der Waals surface area contributed by atoms with Crippen LogP contribution >= 0.6 is 0 Å². The van der Waals surface area contributed by atoms with Crippen molar-refractivity contribution in [2.75, 3.05) is 5.73 Å². The molecule has 0 aliphatic carbocycles. The average molecular weight is 228 g/mol. The lowest BCUT2D eigenvalue weighted by Crippen LogP contribution is -2.03. The van der Waals surface area contributed by atoms with Crippen molar-refractivity contribution in [3.8, 4) is 11.6 Å². The van der Waals surface area contributed by atoms with E-state index in [0.717, 1.165) is 6.21 Å². The molecule has 3 rings (SSSR count). The molecule has 0 spiro atoms. The zero-order chi connectivity index (χ0) is 11.8. The first-order valence-electron chi connectivity index (χ1n) is 4.85. The average Bonchev–Trinajstić information content (AvgIpc) is 2.98. The van der Waals surface area contributed by atoms with Crippen LogP contribution in [0.15, 0.2) is 29.0 Å². The minimum Gasteiger partial charge on any atom is -0.461 e. The first-order chi connectivity index (χ1) is 8.29. The van der Waals surface area contributed by atoms with Gasteiger partial charge in [-0.05, 0) is 12.1 Å². The van der Waals surface area contributed by atoms with Crippen LogP contribution in [0.1, 0.15) is 5.56 Å². The smallest absolute Gasteiger partial charge is 0.223 e. The summed E-state index contributed by atoms with van der Waals surface area (Å²) in [6.07, 6.45) is 4.18. The van der Waals surface area contributed by atoms with Gasteiger partial charge in [0.25, 0.3) is 0 Å². The Morgan fingerprint density at radius 1 is 1.47 bits per heavy atom. The Kier molecular flexibility index (Phi) is 1.91. The van der Waals surface area contributed by atoms with Gasteiger partial charge in [0.2, 0.25) is 11.8 Å². The molecule has 0 aliphatic heterocycles. The van der Waals surface area contributed by atoms with Crippen molar-refractivity contribution in [1.82, 2.24) is 19.6 Å². The molecular formula is C10H8N6O. The second-order valence-corrected chi connectivity index (χ2v) is 3.36. The maximum Gasteiger partial charge on any atom is 0.223 e. The molecule has 0 saturated carbocycles. The van der Waals surface area contributed by atoms with Gasteiger partial charge in [0.1, 0.15) is 0 Å². The summed E-state index contributed by atoms with van der Waals surface area (Å²) in [7, 11) is 0. The lowest BCUT2D eigenvalue weighted by atomic mass is 10.3. The van der Waals surface area contributed by atoms with E-state index in [1.807, 2.05) is 0 Å². The molecule has 3 aromatic heterocycles. The van der Waals surface area contributed by atoms with Crippen LogP contribution in [0.25, 0.3) is 17.2 Å². The van der Waals surface area contributed by atoms with Gasteiger partial charge in [-0.3, -0.25) is 0 Å². The van der Waals surface area contributed by atoms with Gasteiger partial charge < -0.3 is 15.6 Å². The van der Waals surface area contributed by atoms with Gasteiger partial charge in [-0.1, -0.05) is 0 Å². The molecule has 0 aromatic carbocycles. The van der Waals surface area contributed by atoms with Crippen molar-refractivity contribution in [1.29, 1.82) is 5.41 Å². The Bertz CT molecular complexity index is 684. The molecule has 0 radical (unpaired) electrons. The molecule has 0 aliphatic rings. The Morgan fingerprint density at radius 3 is 3.06 bits per heavy atom. The van der Waals surface area contributed by atoms with Gasteiger partial charge in [0, 0.05) is 12.4 Å². The molecular weight excluding hydrogens is 220 g/mol. The van der Waals surface area contributed by atoms with Crippen molar-refractivity contribution >= 4 is 17.8 Å². The van der Waals surface area contributed by atoms with Crippen molar-refractivity contribution in [2.24, 2.45) is 0 Å². The predicted octanol–water partition coefficient (Wildman–Crippen LogP) is 0.964. The molecule has 3 aromatic rings. The van der Waals surface area contributed by atoms with E-state index in [-0.39, 0.29) is 5.95 Å². The van der Waals surface area contributed by atoms with Crippen LogP contribution in [0, 0.1) is 5.41 Å². The lowest BCUT2D eigenvalue weighted by molar-refractivity contribution is 0.577. The van der Waals surface area contributed by atoms with E-state index < -0.39 is 0 Å². The van der Waals surface area contributed by atoms with E-state index in [1.165, 1.54) is 10.7 Å². The van der Waals surface area contributed by atoms with E-state index in [0.29, 0.717) is 22.8 Å². The molecule has 17 heavy (non-hydrogen) atoms. The Balaban J connectivity index is 2.32. The summed E-state index contributed by atoms with van der Waals surface area (Å²) in [5.41, 5.74) is 6.72. The highest BCUT2D eigenvalue weighted by Crippen LogP contribution is 2.18. The third kappa shape index (κ3) is 1.36. The summed E-state index contributed by atoms with van der Waals surface area (Å²) in [5, 5.41) is 11.5. The standard InChI is InChI=1S/C10H8N6O/c11-4-6-5-13-10(12)16-9(6)14-8(15-16)7-2-1-3-17-7/h1-5,11H,(H2,12,13). The fourth-order valence-electron chi connectivity index (χ4n) is 1.52. The number of fused-ring (bicyclic) bond motifs is 1. The molecule has 0 saturated heterocycles. The normalized spacial score (nSPS) is 10.8. The lowest BCUT2D eigenvalue weighted by Gasteiger charge is -1.97. The Morgan fingerprint density at radius 2 is 2.35 bits per heavy atom. The van der Waals surface area contributed by atoms with Crippen LogP contribution < -0.4 is 5.73 Å². The van der Waals surface area contributed by atoms with Crippen LogP contribution in [0.3, 0.4) is 0 Å². The third-order valence-electron chi connectivity index (χ3n) is 2.32. The van der Waals surface area contributed by atoms with Crippen LogP contribution in [-0.2, 0) is 0 Å². The summed E-state index contributed by atoms with van der Waals surface area (Å²) >= 11 is 0. The van der Waals surface area contributed by atoms with Crippen molar-refractivity contribution in [2.45, 2.75) is 0 Å². The van der Waals surface area contributed by atoms with Crippen molar-refractivity contribution in [3.05, 3.63) is 30.2 Å². The molecule has 3 heterocycles. The largest absolute Gasteiger partial charge is 0.461 e. The van der Waals surface area contributed by atoms with Crippen molar-refractivity contribution in [3.63, 3.8) is 0 Å². The topological polar surface area (TPSA) is 106 Å². The van der Waals surface area contributed by atoms with Gasteiger partial charge in [0.15, 0.2) is 11.4 Å². The quantitative estimate of drug-likeness (QED) is 0.635. The van der Waals surface area contributed by atoms with Gasteiger partial charge in [0.05, 0.1) is 11.8 Å². The van der Waals surface area contributed by atoms with E-state index in [1.54, 1.807) is 18.4 Å². The molecule has 0 bridgehead atoms. The molecule has 84 valence electrons. The fraction of sp³-hybridized carbons (Fsp3) is 0. The number of nitrogen functional groups attached to an aromatic ring is 1. The minimum atomic E-state index is 0.218. The van der Waals surface area contributed by atoms with E-state index >= 15 is 0 Å². The molecule has 0 fully saturated rings. The number of anilines is 1. The fourth-order valence-corrected chi connectivity index (χ4v) is 1.52. The second-order valence-electron chi connectivity index (χ2n) is 3.36. The summed E-state index contributed by atoms with van der Waals surface area (Å²) in [6.45, 7) is 0. The number of nitrogens with one attached hydrogen (secondary N) is 1. The molecule has 0 unspecified atom stereocenters. The van der Waals surface area contributed by atoms with E-state index in [2.05, 4.69) is 15.1 Å². The molecule has 7 nitrogen and oxygen atoms in total. The summed E-state index contributed by atoms with van der Waals surface area (Å²) < 4.78 is 6.59. The highest BCUT2D eigenvalue weighted by Gasteiger charge is 2.13. The van der Waals surface area contributed by atoms with Crippen LogP contribution in [0.4, 0.5) is 5.95 Å². The first-order valence-corrected chi connectivity index (χ1v) is 4.85. The van der Waals surface area contributed by atoms with Crippen LogP contribution in [0.2, 0.25) is 0 Å². The molecule has 0 atom stereocenters. The monoisotopic (exact) mass is 228 g/mol. The van der Waals surface area contributed by atoms with Crippen molar-refractivity contribution < 1.29 is 4.42 Å². The SMILES string of the molecule is N=Cc1cnc(N)n2nc(-c3ccco3)nc12. The second kappa shape index (κ2) is 3.41. The van der Waals surface area contributed by atoms with Gasteiger partial charge in [-0.2, -0.15) is 4.52 Å². The Labute approximate surface area is 95.4 Å². The number of aromatic nitrogens is 4. The molecule has 7 heteroatoms. The Hall–Kier alpha value is -2.70. The number of hydrogen-bond acceptors (Lipinski definition) is 6. The highest BCUT2D eigenvalue weighted by atomic mass is 16.3. The maximum atomic E-state index is 7.27. The number of nitrogens with zero attached hydrogens (tertiary/aromatic N) is 4. The zero-order valence-electron chi connectivity index (χ0n) is 8.66. The number of rotatable bonds is 2. The number of hydrogen-bond donors (Lipinski definition) is 2. The minimum absolute atomic E-state index is 0.218. The number of nitrogens with two attached hydrogens (primary N) is 1.